The summed E-state index contributed by atoms with van der Waals surface area (Å²) in [5.74, 6) is 1.12. The maximum atomic E-state index is 12.3. The van der Waals surface area contributed by atoms with Gasteiger partial charge in [-0.3, -0.25) is 9.48 Å². The van der Waals surface area contributed by atoms with E-state index >= 15 is 0 Å². The molecule has 18 heavy (non-hydrogen) atoms. The number of hydrogen-bond donors (Lipinski definition) is 1. The average molecular weight is 250 g/mol. The lowest BCUT2D eigenvalue weighted by Gasteiger charge is -2.26. The Morgan fingerprint density at radius 3 is 2.78 bits per heavy atom. The smallest absolute Gasteiger partial charge is 0.187 e. The molecule has 1 aromatic rings. The van der Waals surface area contributed by atoms with Gasteiger partial charge in [-0.05, 0) is 31.6 Å². The van der Waals surface area contributed by atoms with Crippen LogP contribution in [0.25, 0.3) is 0 Å². The molecule has 0 radical (unpaired) electrons. The number of carbonyl (C=O) groups is 1. The Labute approximate surface area is 108 Å². The number of rotatable bonds is 5. The molecule has 0 amide bonds. The van der Waals surface area contributed by atoms with Crippen LogP contribution in [0.2, 0.25) is 0 Å². The van der Waals surface area contributed by atoms with Gasteiger partial charge >= 0.3 is 0 Å². The van der Waals surface area contributed by atoms with Gasteiger partial charge in [0.2, 0.25) is 0 Å². The zero-order chi connectivity index (χ0) is 13.0. The molecule has 0 atom stereocenters. The second-order valence-corrected chi connectivity index (χ2v) is 5.15. The lowest BCUT2D eigenvalue weighted by Crippen LogP contribution is -2.22. The highest BCUT2D eigenvalue weighted by Crippen LogP contribution is 2.32. The van der Waals surface area contributed by atoms with E-state index < -0.39 is 0 Å². The second-order valence-electron chi connectivity index (χ2n) is 5.15. The van der Waals surface area contributed by atoms with Crippen molar-refractivity contribution in [1.82, 2.24) is 15.0 Å². The van der Waals surface area contributed by atoms with E-state index in [-0.39, 0.29) is 11.7 Å². The Kier molecular flexibility index (Phi) is 4.47. The summed E-state index contributed by atoms with van der Waals surface area (Å²) in [7, 11) is 0. The zero-order valence-electron chi connectivity index (χ0n) is 11.0. The Morgan fingerprint density at radius 2 is 2.17 bits per heavy atom. The molecular formula is C13H22N4O. The molecule has 2 rings (SSSR count). The second kappa shape index (κ2) is 6.09. The topological polar surface area (TPSA) is 73.8 Å². The molecule has 1 aromatic heterocycles. The molecule has 0 spiro atoms. The van der Waals surface area contributed by atoms with E-state index in [9.17, 15) is 4.79 Å². The van der Waals surface area contributed by atoms with Crippen LogP contribution in [0.1, 0.15) is 49.5 Å². The maximum absolute atomic E-state index is 12.3. The van der Waals surface area contributed by atoms with Gasteiger partial charge in [-0.15, -0.1) is 5.10 Å². The molecule has 0 saturated heterocycles. The molecule has 5 heteroatoms. The lowest BCUT2D eigenvalue weighted by atomic mass is 9.78. The van der Waals surface area contributed by atoms with Gasteiger partial charge in [-0.25, -0.2) is 0 Å². The molecule has 0 unspecified atom stereocenters. The van der Waals surface area contributed by atoms with E-state index in [2.05, 4.69) is 17.2 Å². The SMILES string of the molecule is CCC1CCC(C(=O)c2cn(CCN)nn2)CC1. The van der Waals surface area contributed by atoms with Crippen molar-refractivity contribution < 1.29 is 4.79 Å². The molecule has 1 fully saturated rings. The van der Waals surface area contributed by atoms with Crippen molar-refractivity contribution >= 4 is 5.78 Å². The molecule has 1 saturated carbocycles. The average Bonchev–Trinajstić information content (AvgIpc) is 2.87. The van der Waals surface area contributed by atoms with Gasteiger partial charge in [0.15, 0.2) is 5.78 Å². The number of aromatic nitrogens is 3. The molecule has 0 bridgehead atoms. The molecule has 0 aliphatic heterocycles. The highest BCUT2D eigenvalue weighted by Gasteiger charge is 2.27. The summed E-state index contributed by atoms with van der Waals surface area (Å²) in [4.78, 5) is 12.3. The quantitative estimate of drug-likeness (QED) is 0.806. The van der Waals surface area contributed by atoms with E-state index in [0.717, 1.165) is 18.8 Å². The van der Waals surface area contributed by atoms with Crippen LogP contribution in [0.15, 0.2) is 6.20 Å². The molecule has 0 aromatic carbocycles. The number of nitrogens with two attached hydrogens (primary N) is 1. The van der Waals surface area contributed by atoms with Crippen LogP contribution in [0.5, 0.6) is 0 Å². The predicted octanol–water partition coefficient (Wildman–Crippen LogP) is 1.64. The third kappa shape index (κ3) is 2.96. The Hall–Kier alpha value is -1.23. The maximum Gasteiger partial charge on any atom is 0.187 e. The van der Waals surface area contributed by atoms with Crippen molar-refractivity contribution in [1.29, 1.82) is 0 Å². The van der Waals surface area contributed by atoms with E-state index in [1.54, 1.807) is 10.9 Å². The van der Waals surface area contributed by atoms with Crippen molar-refractivity contribution in [3.63, 3.8) is 0 Å². The summed E-state index contributed by atoms with van der Waals surface area (Å²) in [6.07, 6.45) is 7.30. The standard InChI is InChI=1S/C13H22N4O/c1-2-10-3-5-11(6-4-10)13(18)12-9-17(8-7-14)16-15-12/h9-11H,2-8,14H2,1H3. The van der Waals surface area contributed by atoms with Gasteiger partial charge in [0, 0.05) is 12.5 Å². The summed E-state index contributed by atoms with van der Waals surface area (Å²) in [5, 5.41) is 7.88. The van der Waals surface area contributed by atoms with Gasteiger partial charge in [-0.1, -0.05) is 18.6 Å². The molecular weight excluding hydrogens is 228 g/mol. The molecule has 100 valence electrons. The van der Waals surface area contributed by atoms with Crippen LogP contribution < -0.4 is 5.73 Å². The first-order valence-electron chi connectivity index (χ1n) is 6.89. The van der Waals surface area contributed by atoms with Gasteiger partial charge in [0.1, 0.15) is 5.69 Å². The highest BCUT2D eigenvalue weighted by atomic mass is 16.1. The van der Waals surface area contributed by atoms with E-state index in [0.29, 0.717) is 18.8 Å². The summed E-state index contributed by atoms with van der Waals surface area (Å²) in [6, 6.07) is 0. The van der Waals surface area contributed by atoms with Crippen molar-refractivity contribution in [2.75, 3.05) is 6.54 Å². The number of Topliss-reactive ketones (excluding diaryl/α,β-unsaturated/α-hetero) is 1. The molecule has 5 nitrogen and oxygen atoms in total. The number of ketones is 1. The fourth-order valence-electron chi connectivity index (χ4n) is 2.69. The van der Waals surface area contributed by atoms with Crippen molar-refractivity contribution in [3.05, 3.63) is 11.9 Å². The van der Waals surface area contributed by atoms with Crippen LogP contribution in [0, 0.1) is 11.8 Å². The predicted molar refractivity (Wildman–Crippen MR) is 69.1 cm³/mol. The Morgan fingerprint density at radius 1 is 1.44 bits per heavy atom. The van der Waals surface area contributed by atoms with Crippen LogP contribution in [-0.2, 0) is 6.54 Å². The van der Waals surface area contributed by atoms with Crippen molar-refractivity contribution in [3.8, 4) is 0 Å². The summed E-state index contributed by atoms with van der Waals surface area (Å²) in [5.41, 5.74) is 5.95. The van der Waals surface area contributed by atoms with E-state index in [1.807, 2.05) is 0 Å². The molecule has 1 heterocycles. The van der Waals surface area contributed by atoms with Crippen LogP contribution in [0.3, 0.4) is 0 Å². The van der Waals surface area contributed by atoms with Gasteiger partial charge < -0.3 is 5.73 Å². The number of carbonyl (C=O) groups excluding carboxylic acids is 1. The first-order valence-corrected chi connectivity index (χ1v) is 6.89. The number of nitrogens with zero attached hydrogens (tertiary/aromatic N) is 3. The molecule has 2 N–H and O–H groups in total. The summed E-state index contributed by atoms with van der Waals surface area (Å²) >= 11 is 0. The monoisotopic (exact) mass is 250 g/mol. The minimum atomic E-state index is 0.149. The Balaban J connectivity index is 1.94. The van der Waals surface area contributed by atoms with Crippen LogP contribution in [-0.4, -0.2) is 27.3 Å². The summed E-state index contributed by atoms with van der Waals surface area (Å²) in [6.45, 7) is 3.35. The van der Waals surface area contributed by atoms with Gasteiger partial charge in [-0.2, -0.15) is 0 Å². The minimum absolute atomic E-state index is 0.149. The van der Waals surface area contributed by atoms with Gasteiger partial charge in [0.05, 0.1) is 12.7 Å². The van der Waals surface area contributed by atoms with E-state index in [1.165, 1.54) is 19.3 Å². The third-order valence-electron chi connectivity index (χ3n) is 3.94. The third-order valence-corrected chi connectivity index (χ3v) is 3.94. The zero-order valence-corrected chi connectivity index (χ0v) is 11.0. The first-order chi connectivity index (χ1) is 8.74. The largest absolute Gasteiger partial charge is 0.329 e. The lowest BCUT2D eigenvalue weighted by molar-refractivity contribution is 0.0865. The minimum Gasteiger partial charge on any atom is -0.329 e. The normalized spacial score (nSPS) is 24.1. The Bertz CT molecular complexity index is 393. The summed E-state index contributed by atoms with van der Waals surface area (Å²) < 4.78 is 1.64. The fraction of sp³-hybridized carbons (Fsp3) is 0.769. The fourth-order valence-corrected chi connectivity index (χ4v) is 2.69. The van der Waals surface area contributed by atoms with E-state index in [4.69, 9.17) is 5.73 Å². The highest BCUT2D eigenvalue weighted by molar-refractivity contribution is 5.95. The molecule has 1 aliphatic carbocycles. The molecule has 1 aliphatic rings. The van der Waals surface area contributed by atoms with Crippen molar-refractivity contribution in [2.24, 2.45) is 17.6 Å². The first kappa shape index (κ1) is 13.2. The van der Waals surface area contributed by atoms with Crippen molar-refractivity contribution in [2.45, 2.75) is 45.6 Å². The number of hydrogen-bond acceptors (Lipinski definition) is 4. The van der Waals surface area contributed by atoms with Crippen LogP contribution >= 0.6 is 0 Å². The van der Waals surface area contributed by atoms with Crippen LogP contribution in [0.4, 0.5) is 0 Å². The van der Waals surface area contributed by atoms with Gasteiger partial charge in [0.25, 0.3) is 0 Å².